The van der Waals surface area contributed by atoms with Crippen molar-refractivity contribution in [2.24, 2.45) is 11.8 Å². The van der Waals surface area contributed by atoms with Crippen LogP contribution in [0.4, 0.5) is 0 Å². The zero-order chi connectivity index (χ0) is 24.8. The number of nitrogens with zero attached hydrogens (tertiary/aromatic N) is 1. The van der Waals surface area contributed by atoms with Crippen LogP contribution in [0.5, 0.6) is 17.2 Å². The molecule has 0 spiro atoms. The molecule has 1 aliphatic carbocycles. The second-order valence-corrected chi connectivity index (χ2v) is 8.95. The van der Waals surface area contributed by atoms with Crippen molar-refractivity contribution in [1.82, 2.24) is 4.98 Å². The Kier molecular flexibility index (Phi) is 10.2. The molecule has 0 unspecified atom stereocenters. The standard InChI is InChI=1S/C26H24NO7S.Y/c1-3-22(28)32-15-31-19-9-11-20(12-10-19)33-25(29)17-5-7-18(8-6-17)26(30)34-21-13-4-16(2)23-24(21)35-14-27-23;/h3-4,9-13,17-18H,1,5-8,15H2,2H3;/q-1;. The van der Waals surface area contributed by atoms with E-state index in [0.717, 1.165) is 21.9 Å². The van der Waals surface area contributed by atoms with Gasteiger partial charge in [-0.3, -0.25) is 20.9 Å². The number of fused-ring (bicyclic) bond motifs is 1. The van der Waals surface area contributed by atoms with Crippen molar-refractivity contribution in [3.63, 3.8) is 0 Å². The number of aryl methyl sites for hydroxylation is 1. The molecular weight excluding hydrogens is 559 g/mol. The van der Waals surface area contributed by atoms with Crippen molar-refractivity contribution < 1.29 is 66.0 Å². The molecule has 0 saturated heterocycles. The fourth-order valence-electron chi connectivity index (χ4n) is 3.86. The summed E-state index contributed by atoms with van der Waals surface area (Å²) in [6.07, 6.45) is 3.25. The molecule has 1 aromatic heterocycles. The number of carbonyl (C=O) groups is 3. The van der Waals surface area contributed by atoms with Gasteiger partial charge in [-0.2, -0.15) is 0 Å². The first-order chi connectivity index (χ1) is 16.9. The Balaban J connectivity index is 0.00000361. The maximum absolute atomic E-state index is 12.7. The molecule has 0 amide bonds. The maximum atomic E-state index is 12.7. The van der Waals surface area contributed by atoms with Crippen LogP contribution in [-0.2, 0) is 51.8 Å². The molecule has 0 bridgehead atoms. The van der Waals surface area contributed by atoms with Gasteiger partial charge in [-0.25, -0.2) is 4.79 Å². The Bertz CT molecular complexity index is 1230. The van der Waals surface area contributed by atoms with Gasteiger partial charge in [-0.05, 0) is 61.5 Å². The monoisotopic (exact) mass is 583 g/mol. The van der Waals surface area contributed by atoms with Crippen LogP contribution in [0.25, 0.3) is 10.2 Å². The Hall–Kier alpha value is -2.62. The molecule has 3 aromatic rings. The second kappa shape index (κ2) is 13.1. The molecule has 1 aliphatic rings. The fraction of sp³-hybridized carbons (Fsp3) is 0.308. The quantitative estimate of drug-likeness (QED) is 0.123. The molecule has 1 radical (unpaired) electrons. The minimum absolute atomic E-state index is 0. The first kappa shape index (κ1) is 28.0. The van der Waals surface area contributed by atoms with Crippen LogP contribution >= 0.6 is 11.3 Å². The van der Waals surface area contributed by atoms with E-state index in [1.807, 2.05) is 13.0 Å². The molecule has 36 heavy (non-hydrogen) atoms. The molecule has 10 heteroatoms. The fourth-order valence-corrected chi connectivity index (χ4v) is 4.60. The summed E-state index contributed by atoms with van der Waals surface area (Å²) in [5.41, 5.74) is 4.65. The molecule has 1 saturated carbocycles. The topological polar surface area (TPSA) is 101 Å². The zero-order valence-electron chi connectivity index (χ0n) is 19.7. The Morgan fingerprint density at radius 2 is 1.61 bits per heavy atom. The summed E-state index contributed by atoms with van der Waals surface area (Å²) in [5, 5.41) is 0. The predicted octanol–water partition coefficient (Wildman–Crippen LogP) is 4.79. The van der Waals surface area contributed by atoms with Gasteiger partial charge in [0.2, 0.25) is 6.79 Å². The number of thiazole rings is 1. The number of rotatable bonds is 8. The maximum Gasteiger partial charge on any atom is 0.333 e. The van der Waals surface area contributed by atoms with Crippen LogP contribution in [-0.4, -0.2) is 29.7 Å². The number of esters is 3. The van der Waals surface area contributed by atoms with E-state index in [-0.39, 0.29) is 63.3 Å². The molecule has 1 fully saturated rings. The van der Waals surface area contributed by atoms with Crippen LogP contribution in [0.3, 0.4) is 0 Å². The minimum Gasteiger partial charge on any atom is -0.457 e. The van der Waals surface area contributed by atoms with Crippen molar-refractivity contribution in [2.75, 3.05) is 6.79 Å². The number of ether oxygens (including phenoxy) is 4. The average Bonchev–Trinajstić information content (AvgIpc) is 3.38. The minimum atomic E-state index is -0.579. The third-order valence-electron chi connectivity index (χ3n) is 5.84. The van der Waals surface area contributed by atoms with Crippen LogP contribution in [0.15, 0.2) is 49.1 Å². The van der Waals surface area contributed by atoms with E-state index >= 15 is 0 Å². The predicted molar refractivity (Wildman–Crippen MR) is 128 cm³/mol. The third kappa shape index (κ3) is 6.99. The summed E-state index contributed by atoms with van der Waals surface area (Å²) >= 11 is 1.32. The van der Waals surface area contributed by atoms with Gasteiger partial charge in [0.1, 0.15) is 11.5 Å². The van der Waals surface area contributed by atoms with E-state index in [2.05, 4.69) is 17.1 Å². The number of carbonyl (C=O) groups excluding carboxylic acids is 3. The summed E-state index contributed by atoms with van der Waals surface area (Å²) in [6.45, 7) is 5.01. The van der Waals surface area contributed by atoms with Crippen LogP contribution in [0.1, 0.15) is 31.2 Å². The molecule has 185 valence electrons. The van der Waals surface area contributed by atoms with Crippen molar-refractivity contribution in [2.45, 2.75) is 32.6 Å². The van der Waals surface area contributed by atoms with Gasteiger partial charge in [0.15, 0.2) is 0 Å². The summed E-state index contributed by atoms with van der Waals surface area (Å²) in [6, 6.07) is 10.1. The summed E-state index contributed by atoms with van der Waals surface area (Å²) in [4.78, 5) is 40.6. The smallest absolute Gasteiger partial charge is 0.333 e. The van der Waals surface area contributed by atoms with E-state index in [1.165, 1.54) is 11.3 Å². The normalized spacial score (nSPS) is 16.9. The number of hydrogen-bond acceptors (Lipinski definition) is 9. The molecule has 8 nitrogen and oxygen atoms in total. The number of aromatic nitrogens is 1. The van der Waals surface area contributed by atoms with E-state index in [1.54, 1.807) is 30.3 Å². The average molecular weight is 583 g/mol. The van der Waals surface area contributed by atoms with Gasteiger partial charge < -0.3 is 23.9 Å². The van der Waals surface area contributed by atoms with Gasteiger partial charge >= 0.3 is 17.9 Å². The summed E-state index contributed by atoms with van der Waals surface area (Å²) in [7, 11) is 0. The SMILES string of the molecule is C=CC(=O)OCOc1ccc(OC(=O)C2CCC(C(=O)Oc3ccc(C)c4n[c-]sc34)CC2)cc1.[Y]. The molecule has 0 atom stereocenters. The Morgan fingerprint density at radius 3 is 2.25 bits per heavy atom. The number of hydrogen-bond donors (Lipinski definition) is 0. The molecule has 2 aromatic carbocycles. The van der Waals surface area contributed by atoms with Crippen LogP contribution in [0, 0.1) is 24.3 Å². The first-order valence-electron chi connectivity index (χ1n) is 11.2. The van der Waals surface area contributed by atoms with Crippen LogP contribution < -0.4 is 14.2 Å². The Labute approximate surface area is 237 Å². The largest absolute Gasteiger partial charge is 0.457 e. The molecule has 1 heterocycles. The molecule has 4 rings (SSSR count). The van der Waals surface area contributed by atoms with Gasteiger partial charge in [0, 0.05) is 38.8 Å². The number of benzene rings is 2. The first-order valence-corrected chi connectivity index (χ1v) is 12.0. The van der Waals surface area contributed by atoms with Gasteiger partial charge in [-0.1, -0.05) is 35.3 Å². The van der Waals surface area contributed by atoms with E-state index < -0.39 is 5.97 Å². The van der Waals surface area contributed by atoms with E-state index in [4.69, 9.17) is 18.9 Å². The van der Waals surface area contributed by atoms with Gasteiger partial charge in [0.25, 0.3) is 0 Å². The van der Waals surface area contributed by atoms with Gasteiger partial charge in [0.05, 0.1) is 17.6 Å². The molecular formula is C26H24NO7SY-. The molecule has 0 N–H and O–H groups in total. The van der Waals surface area contributed by atoms with Crippen LogP contribution in [0.2, 0.25) is 0 Å². The second-order valence-electron chi connectivity index (χ2n) is 8.16. The third-order valence-corrected chi connectivity index (χ3v) is 6.62. The Morgan fingerprint density at radius 1 is 1.00 bits per heavy atom. The molecule has 0 aliphatic heterocycles. The van der Waals surface area contributed by atoms with Gasteiger partial charge in [-0.15, -0.1) is 0 Å². The zero-order valence-corrected chi connectivity index (χ0v) is 23.4. The summed E-state index contributed by atoms with van der Waals surface area (Å²) in [5.74, 6) is -0.393. The van der Waals surface area contributed by atoms with E-state index in [0.29, 0.717) is 42.9 Å². The summed E-state index contributed by atoms with van der Waals surface area (Å²) < 4.78 is 22.0. The van der Waals surface area contributed by atoms with Crippen molar-refractivity contribution >= 4 is 39.5 Å². The van der Waals surface area contributed by atoms with Crippen molar-refractivity contribution in [3.05, 3.63) is 60.1 Å². The van der Waals surface area contributed by atoms with Crippen molar-refractivity contribution in [3.8, 4) is 17.2 Å². The van der Waals surface area contributed by atoms with Crippen molar-refractivity contribution in [1.29, 1.82) is 0 Å². The van der Waals surface area contributed by atoms with E-state index in [9.17, 15) is 14.4 Å².